The second-order valence-electron chi connectivity index (χ2n) is 15.2. The molecule has 2 heterocycles. The molecule has 1 saturated carbocycles. The van der Waals surface area contributed by atoms with E-state index in [9.17, 15) is 33.0 Å². The van der Waals surface area contributed by atoms with Gasteiger partial charge in [-0.1, -0.05) is 69.4 Å². The Morgan fingerprint density at radius 2 is 1.61 bits per heavy atom. The zero-order valence-electron chi connectivity index (χ0n) is 32.1. The number of nitrogens with one attached hydrogen (secondary N) is 5. The first-order chi connectivity index (χ1) is 25.8. The molecule has 2 aliphatic rings. The highest BCUT2D eigenvalue weighted by Gasteiger charge is 2.34. The monoisotopic (exact) mass is 774 g/mol. The Morgan fingerprint density at radius 1 is 0.944 bits per heavy atom. The predicted molar refractivity (Wildman–Crippen MR) is 207 cm³/mol. The zero-order valence-corrected chi connectivity index (χ0v) is 32.9. The molecule has 4 rings (SSSR count). The van der Waals surface area contributed by atoms with E-state index < -0.39 is 52.2 Å². The summed E-state index contributed by atoms with van der Waals surface area (Å²) in [7, 11) is 0.496. The van der Waals surface area contributed by atoms with Gasteiger partial charge in [-0.3, -0.25) is 9.59 Å². The number of aliphatic hydroxyl groups excluding tert-OH is 2. The number of sulfonamides is 1. The smallest absolute Gasteiger partial charge is 0.318 e. The molecule has 5 atom stereocenters. The molecule has 1 aromatic carbocycles. The summed E-state index contributed by atoms with van der Waals surface area (Å²) in [6.07, 6.45) is 8.44. The van der Waals surface area contributed by atoms with Crippen molar-refractivity contribution in [3.8, 4) is 0 Å². The van der Waals surface area contributed by atoms with Crippen LogP contribution in [0.3, 0.4) is 0 Å². The summed E-state index contributed by atoms with van der Waals surface area (Å²) >= 11 is 0. The SMILES string of the molecule is CCCS(=O)(=O)NC[C@H](O)C[C@H](O)[C@H](CC1CCCCC1)NC(=O)[C@H](Cc1c[nH]cn1)NC(=O)[C@H](Cc1ccccc1)NC(=O)N1CCC(N(C)C)CC1. The second-order valence-corrected chi connectivity index (χ2v) is 17.1. The summed E-state index contributed by atoms with van der Waals surface area (Å²) in [6, 6.07) is 6.51. The average Bonchev–Trinajstić information content (AvgIpc) is 3.67. The maximum absolute atomic E-state index is 14.2. The molecular formula is C38H62N8O7S. The quantitative estimate of drug-likeness (QED) is 0.104. The highest BCUT2D eigenvalue weighted by Crippen LogP contribution is 2.28. The average molecular weight is 775 g/mol. The first-order valence-electron chi connectivity index (χ1n) is 19.5. The number of hydrogen-bond acceptors (Lipinski definition) is 9. The molecule has 0 bridgehead atoms. The number of aromatic nitrogens is 2. The number of aromatic amines is 1. The number of carbonyl (C=O) groups is 3. The van der Waals surface area contributed by atoms with Crippen LogP contribution in [-0.2, 0) is 32.5 Å². The van der Waals surface area contributed by atoms with Gasteiger partial charge < -0.3 is 40.9 Å². The molecule has 2 fully saturated rings. The van der Waals surface area contributed by atoms with Crippen molar-refractivity contribution in [3.05, 3.63) is 54.1 Å². The Kier molecular flexibility index (Phi) is 17.2. The summed E-state index contributed by atoms with van der Waals surface area (Å²) in [6.45, 7) is 2.60. The van der Waals surface area contributed by atoms with Gasteiger partial charge in [0.15, 0.2) is 0 Å². The van der Waals surface area contributed by atoms with Crippen molar-refractivity contribution >= 4 is 27.9 Å². The first kappa shape index (κ1) is 43.2. The number of nitrogens with zero attached hydrogens (tertiary/aromatic N) is 3. The number of benzene rings is 1. The van der Waals surface area contributed by atoms with Crippen LogP contribution in [-0.4, -0.2) is 132 Å². The summed E-state index contributed by atoms with van der Waals surface area (Å²) in [5, 5.41) is 31.0. The minimum absolute atomic E-state index is 0.0409. The predicted octanol–water partition coefficient (Wildman–Crippen LogP) is 1.68. The molecule has 1 saturated heterocycles. The maximum Gasteiger partial charge on any atom is 0.318 e. The molecule has 1 aliphatic heterocycles. The number of urea groups is 1. The summed E-state index contributed by atoms with van der Waals surface area (Å²) in [5.41, 5.74) is 1.37. The van der Waals surface area contributed by atoms with Crippen molar-refractivity contribution in [2.75, 3.05) is 39.5 Å². The van der Waals surface area contributed by atoms with E-state index in [4.69, 9.17) is 0 Å². The third-order valence-electron chi connectivity index (χ3n) is 10.6. The molecule has 7 N–H and O–H groups in total. The normalized spacial score (nSPS) is 18.7. The fraction of sp³-hybridized carbons (Fsp3) is 0.684. The van der Waals surface area contributed by atoms with E-state index in [-0.39, 0.29) is 43.5 Å². The second kappa shape index (κ2) is 21.5. The lowest BCUT2D eigenvalue weighted by atomic mass is 9.83. The minimum Gasteiger partial charge on any atom is -0.392 e. The summed E-state index contributed by atoms with van der Waals surface area (Å²) in [4.78, 5) is 52.9. The highest BCUT2D eigenvalue weighted by atomic mass is 32.2. The van der Waals surface area contributed by atoms with E-state index in [1.54, 1.807) is 18.0 Å². The van der Waals surface area contributed by atoms with Crippen LogP contribution in [0.5, 0.6) is 0 Å². The minimum atomic E-state index is -3.56. The lowest BCUT2D eigenvalue weighted by molar-refractivity contribution is -0.131. The van der Waals surface area contributed by atoms with E-state index >= 15 is 0 Å². The van der Waals surface area contributed by atoms with Crippen LogP contribution in [0.4, 0.5) is 4.79 Å². The molecule has 16 heteroatoms. The molecule has 1 aliphatic carbocycles. The number of likely N-dealkylation sites (tertiary alicyclic amines) is 1. The van der Waals surface area contributed by atoms with E-state index in [0.29, 0.717) is 37.7 Å². The Balaban J connectivity index is 1.50. The van der Waals surface area contributed by atoms with Crippen LogP contribution < -0.4 is 20.7 Å². The topological polar surface area (TPSA) is 209 Å². The number of carbonyl (C=O) groups excluding carboxylic acids is 3. The van der Waals surface area contributed by atoms with Crippen LogP contribution in [0.2, 0.25) is 0 Å². The molecule has 0 unspecified atom stereocenters. The van der Waals surface area contributed by atoms with Gasteiger partial charge in [-0.15, -0.1) is 0 Å². The molecule has 302 valence electrons. The van der Waals surface area contributed by atoms with Gasteiger partial charge in [-0.25, -0.2) is 22.9 Å². The van der Waals surface area contributed by atoms with Crippen molar-refractivity contribution in [2.24, 2.45) is 5.92 Å². The van der Waals surface area contributed by atoms with Crippen molar-refractivity contribution in [1.29, 1.82) is 0 Å². The number of H-pyrrole nitrogens is 1. The van der Waals surface area contributed by atoms with Crippen LogP contribution in [0.25, 0.3) is 0 Å². The van der Waals surface area contributed by atoms with Crippen molar-refractivity contribution < 1.29 is 33.0 Å². The number of piperidine rings is 1. The Labute approximate surface area is 320 Å². The molecule has 15 nitrogen and oxygen atoms in total. The van der Waals surface area contributed by atoms with E-state index in [2.05, 4.69) is 35.5 Å². The molecular weight excluding hydrogens is 713 g/mol. The van der Waals surface area contributed by atoms with Gasteiger partial charge in [0.25, 0.3) is 0 Å². The van der Waals surface area contributed by atoms with E-state index in [0.717, 1.165) is 50.5 Å². The third-order valence-corrected chi connectivity index (χ3v) is 12.2. The van der Waals surface area contributed by atoms with E-state index in [1.165, 1.54) is 6.33 Å². The summed E-state index contributed by atoms with van der Waals surface area (Å²) < 4.78 is 26.7. The van der Waals surface area contributed by atoms with Crippen LogP contribution in [0.1, 0.15) is 82.4 Å². The van der Waals surface area contributed by atoms with Crippen LogP contribution >= 0.6 is 0 Å². The standard InChI is InChI=1S/C38H62N8O7S/c1-4-19-54(52,53)41-25-31(47)23-35(48)32(20-27-11-7-5-8-12-27)42-37(50)34(22-29-24-39-26-40-29)43-36(49)33(21-28-13-9-6-10-14-28)44-38(51)46-17-15-30(16-18-46)45(2)3/h6,9-10,13-14,24,26-27,30-35,41,47-48H,4-5,7-8,11-12,15-23,25H2,1-3H3,(H,39,40)(H,42,50)(H,43,49)(H,44,51)/t31-,32+,33+,34+,35+/m1/s1. The number of hydrogen-bond donors (Lipinski definition) is 7. The molecule has 1 aromatic heterocycles. The number of aliphatic hydroxyl groups is 2. The van der Waals surface area contributed by atoms with Gasteiger partial charge in [0.1, 0.15) is 12.1 Å². The van der Waals surface area contributed by atoms with Crippen molar-refractivity contribution in [1.82, 2.24) is 40.4 Å². The van der Waals surface area contributed by atoms with Gasteiger partial charge in [0.2, 0.25) is 21.8 Å². The Hall–Kier alpha value is -3.57. The van der Waals surface area contributed by atoms with Gasteiger partial charge in [-0.2, -0.15) is 0 Å². The first-order valence-corrected chi connectivity index (χ1v) is 21.2. The van der Waals surface area contributed by atoms with Crippen molar-refractivity contribution in [2.45, 2.75) is 120 Å². The van der Waals surface area contributed by atoms with Gasteiger partial charge >= 0.3 is 6.03 Å². The lowest BCUT2D eigenvalue weighted by Crippen LogP contribution is -2.59. The van der Waals surface area contributed by atoms with Gasteiger partial charge in [-0.05, 0) is 51.3 Å². The van der Waals surface area contributed by atoms with Crippen LogP contribution in [0.15, 0.2) is 42.9 Å². The molecule has 54 heavy (non-hydrogen) atoms. The fourth-order valence-electron chi connectivity index (χ4n) is 7.45. The van der Waals surface area contributed by atoms with Crippen molar-refractivity contribution in [3.63, 3.8) is 0 Å². The van der Waals surface area contributed by atoms with Gasteiger partial charge in [0.05, 0.1) is 36.0 Å². The van der Waals surface area contributed by atoms with Gasteiger partial charge in [0, 0.05) is 51.1 Å². The third kappa shape index (κ3) is 14.3. The number of amides is 4. The Morgan fingerprint density at radius 3 is 2.24 bits per heavy atom. The molecule has 4 amide bonds. The molecule has 2 aromatic rings. The number of rotatable bonds is 20. The zero-order chi connectivity index (χ0) is 39.1. The molecule has 0 spiro atoms. The number of imidazole rings is 1. The molecule has 0 radical (unpaired) electrons. The van der Waals surface area contributed by atoms with Crippen LogP contribution in [0, 0.1) is 5.92 Å². The van der Waals surface area contributed by atoms with E-state index in [1.807, 2.05) is 44.4 Å². The highest BCUT2D eigenvalue weighted by molar-refractivity contribution is 7.89. The largest absolute Gasteiger partial charge is 0.392 e. The lowest BCUT2D eigenvalue weighted by Gasteiger charge is -2.36. The Bertz CT molecular complexity index is 1530. The summed E-state index contributed by atoms with van der Waals surface area (Å²) in [5.74, 6) is -0.909. The fourth-order valence-corrected chi connectivity index (χ4v) is 8.57. The maximum atomic E-state index is 14.2.